The third-order valence-electron chi connectivity index (χ3n) is 4.13. The topological polar surface area (TPSA) is 98.7 Å². The third-order valence-corrected chi connectivity index (χ3v) is 4.13. The third kappa shape index (κ3) is 2.48. The number of amides is 2. The number of nitrogens with two attached hydrogens (primary N) is 1. The van der Waals surface area contributed by atoms with E-state index in [-0.39, 0.29) is 18.4 Å². The Bertz CT molecular complexity index is 515. The molecule has 1 aromatic heterocycles. The number of rotatable bonds is 3. The number of carbonyl (C=O) groups excluding carboxylic acids is 2. The monoisotopic (exact) mass is 279 g/mol. The summed E-state index contributed by atoms with van der Waals surface area (Å²) in [5.41, 5.74) is 5.09. The highest BCUT2D eigenvalue weighted by Gasteiger charge is 2.38. The van der Waals surface area contributed by atoms with Gasteiger partial charge in [0.25, 0.3) is 5.91 Å². The fraction of sp³-hybridized carbons (Fsp3) is 0.615. The summed E-state index contributed by atoms with van der Waals surface area (Å²) in [6.45, 7) is 1.53. The molecule has 0 aromatic carbocycles. The van der Waals surface area contributed by atoms with Crippen molar-refractivity contribution in [2.45, 2.75) is 25.9 Å². The van der Waals surface area contributed by atoms with Crippen molar-refractivity contribution in [1.82, 2.24) is 10.1 Å². The summed E-state index contributed by atoms with van der Waals surface area (Å²) in [7, 11) is 0. The van der Waals surface area contributed by atoms with Gasteiger partial charge >= 0.3 is 6.09 Å². The maximum Gasteiger partial charge on any atom is 0.410 e. The van der Waals surface area contributed by atoms with Gasteiger partial charge in [-0.15, -0.1) is 0 Å². The average molecular weight is 279 g/mol. The van der Waals surface area contributed by atoms with Gasteiger partial charge in [-0.3, -0.25) is 4.79 Å². The number of hydrogen-bond donors (Lipinski definition) is 1. The van der Waals surface area contributed by atoms with Crippen LogP contribution < -0.4 is 5.73 Å². The van der Waals surface area contributed by atoms with Crippen LogP contribution in [0.1, 0.15) is 35.5 Å². The van der Waals surface area contributed by atoms with Crippen molar-refractivity contribution in [2.75, 3.05) is 13.1 Å². The Hall–Kier alpha value is -2.05. The number of hydrogen-bond acceptors (Lipinski definition) is 5. The van der Waals surface area contributed by atoms with Crippen LogP contribution in [0.5, 0.6) is 0 Å². The number of carbonyl (C=O) groups is 2. The maximum absolute atomic E-state index is 11.9. The first-order valence-electron chi connectivity index (χ1n) is 6.80. The number of aromatic nitrogens is 1. The molecule has 0 spiro atoms. The Labute approximate surface area is 116 Å². The number of nitrogens with zero attached hydrogens (tertiary/aromatic N) is 2. The van der Waals surface area contributed by atoms with E-state index in [9.17, 15) is 9.59 Å². The maximum atomic E-state index is 11.9. The normalized spacial score (nSPS) is 24.7. The van der Waals surface area contributed by atoms with Gasteiger partial charge in [0.05, 0.1) is 0 Å². The first-order valence-corrected chi connectivity index (χ1v) is 6.80. The van der Waals surface area contributed by atoms with Gasteiger partial charge in [0.2, 0.25) is 0 Å². The second kappa shape index (κ2) is 5.15. The Morgan fingerprint density at radius 2 is 2.10 bits per heavy atom. The summed E-state index contributed by atoms with van der Waals surface area (Å²) < 4.78 is 10.0. The summed E-state index contributed by atoms with van der Waals surface area (Å²) in [6.07, 6.45) is 3.35. The van der Waals surface area contributed by atoms with Gasteiger partial charge in [-0.2, -0.15) is 0 Å². The molecule has 2 unspecified atom stereocenters. The molecule has 1 saturated carbocycles. The average Bonchev–Trinajstić information content (AvgIpc) is 3.10. The Kier molecular flexibility index (Phi) is 3.33. The van der Waals surface area contributed by atoms with Crippen LogP contribution in [0.2, 0.25) is 0 Å². The molecule has 108 valence electrons. The van der Waals surface area contributed by atoms with Crippen molar-refractivity contribution in [1.29, 1.82) is 0 Å². The smallest absolute Gasteiger partial charge is 0.410 e. The number of likely N-dealkylation sites (tertiary alicyclic amines) is 1. The van der Waals surface area contributed by atoms with E-state index in [1.807, 2.05) is 0 Å². The van der Waals surface area contributed by atoms with Gasteiger partial charge in [0.1, 0.15) is 0 Å². The molecule has 1 aromatic rings. The number of primary amides is 1. The van der Waals surface area contributed by atoms with E-state index in [0.29, 0.717) is 17.6 Å². The molecule has 2 N–H and O–H groups in total. The van der Waals surface area contributed by atoms with Crippen LogP contribution in [-0.2, 0) is 11.3 Å². The molecule has 1 saturated heterocycles. The van der Waals surface area contributed by atoms with E-state index in [1.165, 1.54) is 25.3 Å². The van der Waals surface area contributed by atoms with E-state index in [2.05, 4.69) is 5.16 Å². The van der Waals surface area contributed by atoms with E-state index in [0.717, 1.165) is 13.1 Å². The summed E-state index contributed by atoms with van der Waals surface area (Å²) in [5.74, 6) is 0.911. The molecule has 3 rings (SSSR count). The highest BCUT2D eigenvalue weighted by Crippen LogP contribution is 2.37. The van der Waals surface area contributed by atoms with Crippen LogP contribution >= 0.6 is 0 Å². The van der Waals surface area contributed by atoms with Gasteiger partial charge in [0.15, 0.2) is 18.1 Å². The van der Waals surface area contributed by atoms with Crippen molar-refractivity contribution >= 4 is 12.0 Å². The first-order chi connectivity index (χ1) is 9.63. The second-order valence-corrected chi connectivity index (χ2v) is 5.45. The summed E-state index contributed by atoms with van der Waals surface area (Å²) in [6, 6.07) is 1.38. The zero-order valence-corrected chi connectivity index (χ0v) is 11.1. The van der Waals surface area contributed by atoms with Crippen LogP contribution in [0.15, 0.2) is 10.6 Å². The van der Waals surface area contributed by atoms with E-state index < -0.39 is 5.91 Å². The Balaban J connectivity index is 1.50. The number of ether oxygens (including phenoxy) is 1. The van der Waals surface area contributed by atoms with Crippen LogP contribution in [-0.4, -0.2) is 35.1 Å². The van der Waals surface area contributed by atoms with Gasteiger partial charge in [-0.25, -0.2) is 4.79 Å². The minimum atomic E-state index is -0.668. The van der Waals surface area contributed by atoms with Gasteiger partial charge < -0.3 is 19.9 Å². The molecule has 1 aliphatic heterocycles. The van der Waals surface area contributed by atoms with Crippen molar-refractivity contribution in [3.05, 3.63) is 17.5 Å². The molecule has 0 bridgehead atoms. The minimum Gasteiger partial charge on any atom is -0.441 e. The lowest BCUT2D eigenvalue weighted by molar-refractivity contribution is 0.0921. The molecule has 2 atom stereocenters. The highest BCUT2D eigenvalue weighted by atomic mass is 16.6. The first kappa shape index (κ1) is 13.0. The predicted octanol–water partition coefficient (Wildman–Crippen LogP) is 1.14. The van der Waals surface area contributed by atoms with E-state index >= 15 is 0 Å². The molecule has 0 radical (unpaired) electrons. The molecule has 7 nitrogen and oxygen atoms in total. The van der Waals surface area contributed by atoms with Gasteiger partial charge in [0, 0.05) is 19.2 Å². The Morgan fingerprint density at radius 3 is 2.70 bits per heavy atom. The SMILES string of the molecule is NC(=O)c1cc(COC(=O)N2CC3CCCC3C2)on1. The van der Waals surface area contributed by atoms with Gasteiger partial charge in [-0.1, -0.05) is 11.6 Å². The fourth-order valence-corrected chi connectivity index (χ4v) is 3.11. The molecular formula is C13H17N3O4. The molecule has 7 heteroatoms. The highest BCUT2D eigenvalue weighted by molar-refractivity contribution is 5.90. The second-order valence-electron chi connectivity index (χ2n) is 5.45. The lowest BCUT2D eigenvalue weighted by Crippen LogP contribution is -2.30. The van der Waals surface area contributed by atoms with Crippen molar-refractivity contribution in [2.24, 2.45) is 17.6 Å². The molecule has 20 heavy (non-hydrogen) atoms. The molecule has 2 fully saturated rings. The van der Waals surface area contributed by atoms with E-state index in [1.54, 1.807) is 4.90 Å². The molecular weight excluding hydrogens is 262 g/mol. The van der Waals surface area contributed by atoms with Crippen molar-refractivity contribution in [3.63, 3.8) is 0 Å². The molecule has 2 amide bonds. The lowest BCUT2D eigenvalue weighted by atomic mass is 10.0. The quantitative estimate of drug-likeness (QED) is 0.894. The summed E-state index contributed by atoms with van der Waals surface area (Å²) in [5, 5.41) is 3.48. The molecule has 2 heterocycles. The zero-order valence-electron chi connectivity index (χ0n) is 11.1. The van der Waals surface area contributed by atoms with Gasteiger partial charge in [-0.05, 0) is 24.7 Å². The van der Waals surface area contributed by atoms with Crippen molar-refractivity contribution < 1.29 is 18.8 Å². The predicted molar refractivity (Wildman–Crippen MR) is 67.6 cm³/mol. The van der Waals surface area contributed by atoms with Crippen LogP contribution in [0.4, 0.5) is 4.79 Å². The fourth-order valence-electron chi connectivity index (χ4n) is 3.11. The van der Waals surface area contributed by atoms with E-state index in [4.69, 9.17) is 15.0 Å². The van der Waals surface area contributed by atoms with Crippen LogP contribution in [0.25, 0.3) is 0 Å². The summed E-state index contributed by atoms with van der Waals surface area (Å²) in [4.78, 5) is 24.5. The number of fused-ring (bicyclic) bond motifs is 1. The zero-order chi connectivity index (χ0) is 14.1. The summed E-state index contributed by atoms with van der Waals surface area (Å²) >= 11 is 0. The minimum absolute atomic E-state index is 0.0340. The standard InChI is InChI=1S/C13H17N3O4/c14-12(17)11-4-10(20-15-11)7-19-13(18)16-5-8-2-1-3-9(8)6-16/h4,8-9H,1-3,5-7H2,(H2,14,17). The lowest BCUT2D eigenvalue weighted by Gasteiger charge is -2.16. The van der Waals surface area contributed by atoms with Crippen molar-refractivity contribution in [3.8, 4) is 0 Å². The van der Waals surface area contributed by atoms with Crippen LogP contribution in [0, 0.1) is 11.8 Å². The molecule has 2 aliphatic rings. The largest absolute Gasteiger partial charge is 0.441 e. The van der Waals surface area contributed by atoms with Crippen LogP contribution in [0.3, 0.4) is 0 Å². The molecule has 1 aliphatic carbocycles. The Morgan fingerprint density at radius 1 is 1.40 bits per heavy atom.